The van der Waals surface area contributed by atoms with E-state index in [1.54, 1.807) is 4.90 Å². The molecule has 19 nitrogen and oxygen atoms in total. The van der Waals surface area contributed by atoms with E-state index >= 15 is 0 Å². The number of nitrogens with two attached hydrogens (primary N) is 1. The van der Waals surface area contributed by atoms with E-state index in [9.17, 15) is 34.5 Å². The standard InChI is InChI=1S/C31H33Cl2N11O8S2.Na/c1-31(2,29(50)51)52-39-19(18-23(33)54-30(34)36-18)25(47)35-20-27(49)43-21(24-37-40-41-38-24)14(12-53-28(20)43)11-44-6-3-4-15(44)10-42(5-7-44)26(48)13-8-16(32)22(46)17(45)9-13;/h8-9,15,20,28H,3-7,10-12H2,1-2H3,(H6-,34,35,36,37,38,39,40,41,45,46,47,48,50,51);/q;+1/p-1/t15-,20+,28+,44+;/m0./s1. The second-order valence-corrected chi connectivity index (χ2v) is 16.9. The molecule has 0 spiro atoms. The monoisotopic (exact) mass is 843 g/mol. The molecular weight excluding hydrogens is 812 g/mol. The molecule has 0 bridgehead atoms. The first-order valence-electron chi connectivity index (χ1n) is 16.5. The molecule has 0 unspecified atom stereocenters. The number of tetrazole rings is 1. The first-order valence-corrected chi connectivity index (χ1v) is 19.2. The van der Waals surface area contributed by atoms with Gasteiger partial charge >= 0.3 is 29.6 Å². The van der Waals surface area contributed by atoms with Gasteiger partial charge in [-0.1, -0.05) is 39.7 Å². The summed E-state index contributed by atoms with van der Waals surface area (Å²) in [4.78, 5) is 65.0. The Bertz CT molecular complexity index is 2100. The van der Waals surface area contributed by atoms with Crippen molar-refractivity contribution in [2.75, 3.05) is 44.2 Å². The van der Waals surface area contributed by atoms with Gasteiger partial charge < -0.3 is 50.5 Å². The molecular formula is C31H32Cl2N11NaO8S2. The van der Waals surface area contributed by atoms with Crippen LogP contribution < -0.4 is 50.8 Å². The van der Waals surface area contributed by atoms with Crippen LogP contribution in [0.1, 0.15) is 48.6 Å². The molecule has 55 heavy (non-hydrogen) atoms. The Kier molecular flexibility index (Phi) is 11.7. The van der Waals surface area contributed by atoms with Gasteiger partial charge in [-0.2, -0.15) is 5.21 Å². The summed E-state index contributed by atoms with van der Waals surface area (Å²) < 4.78 is 0.661. The molecule has 3 aromatic rings. The van der Waals surface area contributed by atoms with Gasteiger partial charge in [-0.15, -0.1) is 11.8 Å². The van der Waals surface area contributed by atoms with Crippen molar-refractivity contribution in [3.05, 3.63) is 44.1 Å². The molecule has 4 aliphatic rings. The number of anilines is 1. The molecule has 3 amide bonds. The van der Waals surface area contributed by atoms with Gasteiger partial charge in [-0.25, -0.2) is 4.98 Å². The second kappa shape index (κ2) is 15.7. The van der Waals surface area contributed by atoms with Gasteiger partial charge in [-0.3, -0.25) is 29.6 Å². The number of nitrogens with one attached hydrogen (secondary N) is 1. The number of carbonyl (C=O) groups excluding carboxylic acids is 4. The number of amides is 3. The zero-order valence-corrected chi connectivity index (χ0v) is 34.7. The van der Waals surface area contributed by atoms with Crippen LogP contribution in [-0.2, 0) is 19.2 Å². The van der Waals surface area contributed by atoms with Gasteiger partial charge in [0.25, 0.3) is 17.7 Å². The van der Waals surface area contributed by atoms with E-state index in [0.29, 0.717) is 42.1 Å². The maximum absolute atomic E-state index is 13.9. The van der Waals surface area contributed by atoms with Gasteiger partial charge in [0.05, 0.1) is 48.7 Å². The third-order valence-corrected chi connectivity index (χ3v) is 12.7. The number of benzene rings is 1. The number of rotatable bonds is 10. The Morgan fingerprint density at radius 3 is 2.67 bits per heavy atom. The molecule has 5 N–H and O–H groups in total. The first kappa shape index (κ1) is 40.9. The number of piperazine rings is 1. The molecule has 7 rings (SSSR count). The van der Waals surface area contributed by atoms with Crippen molar-refractivity contribution in [2.24, 2.45) is 5.16 Å². The summed E-state index contributed by atoms with van der Waals surface area (Å²) in [5.74, 6) is -3.63. The molecule has 4 atom stereocenters. The van der Waals surface area contributed by atoms with Crippen LogP contribution in [0.25, 0.3) is 5.70 Å². The molecule has 2 aromatic heterocycles. The van der Waals surface area contributed by atoms with Crippen molar-refractivity contribution in [1.82, 2.24) is 40.7 Å². The van der Waals surface area contributed by atoms with Crippen LogP contribution in [0.3, 0.4) is 0 Å². The average molecular weight is 845 g/mol. The number of hydrogen-bond donors (Lipinski definition) is 4. The Morgan fingerprint density at radius 1 is 1.25 bits per heavy atom. The van der Waals surface area contributed by atoms with Crippen molar-refractivity contribution < 1.29 is 73.4 Å². The van der Waals surface area contributed by atoms with Gasteiger partial charge in [0, 0.05) is 29.7 Å². The minimum absolute atomic E-state index is 0. The van der Waals surface area contributed by atoms with E-state index in [4.69, 9.17) is 33.8 Å². The first-order chi connectivity index (χ1) is 25.6. The second-order valence-electron chi connectivity index (χ2n) is 13.7. The van der Waals surface area contributed by atoms with Crippen LogP contribution in [-0.4, -0.2) is 136 Å². The number of carboxylic acids is 1. The Morgan fingerprint density at radius 2 is 2.02 bits per heavy atom. The number of quaternary nitrogens is 1. The number of fused-ring (bicyclic) bond motifs is 2. The normalized spacial score (nSPS) is 23.7. The molecule has 3 fully saturated rings. The number of oxime groups is 1. The summed E-state index contributed by atoms with van der Waals surface area (Å²) in [5, 5.41) is 52.7. The zero-order valence-electron chi connectivity index (χ0n) is 29.6. The fourth-order valence-electron chi connectivity index (χ4n) is 7.18. The van der Waals surface area contributed by atoms with E-state index in [0.717, 1.165) is 36.3 Å². The number of hydrogen-bond acceptors (Lipinski definition) is 16. The number of β-lactam (4-membered cyclic amide) rings is 1. The number of phenolic OH excluding ortho intramolecular Hbond substituents is 2. The maximum atomic E-state index is 13.9. The summed E-state index contributed by atoms with van der Waals surface area (Å²) in [6.45, 7) is 5.23. The predicted octanol–water partition coefficient (Wildman–Crippen LogP) is -3.21. The molecule has 0 aliphatic carbocycles. The van der Waals surface area contributed by atoms with Crippen LogP contribution in [0, 0.1) is 0 Å². The Hall–Kier alpha value is -3.70. The van der Waals surface area contributed by atoms with Crippen molar-refractivity contribution >= 4 is 86.5 Å². The SMILES string of the molecule is CC(C)(O/N=C(\C(=O)N[C@@H]1C(=O)N2C(c3nnn[n-]3)=C(C[N@+]34CCC[C@H]3CN(C(=O)c3cc(O)c(O)c(Cl)c3)CC4)CS[C@H]12)c1nc(N)sc1Cl)C(=O)[O-].[Na+]. The summed E-state index contributed by atoms with van der Waals surface area (Å²) in [6, 6.07) is 1.57. The van der Waals surface area contributed by atoms with Crippen LogP contribution in [0.5, 0.6) is 11.5 Å². The van der Waals surface area contributed by atoms with Gasteiger partial charge in [-0.05, 0) is 26.0 Å². The molecule has 0 radical (unpaired) electrons. The van der Waals surface area contributed by atoms with E-state index < -0.39 is 52.0 Å². The number of aliphatic carboxylic acids is 1. The Labute approximate surface area is 353 Å². The van der Waals surface area contributed by atoms with Gasteiger partial charge in [0.1, 0.15) is 34.0 Å². The molecule has 0 saturated carbocycles. The fraction of sp³-hybridized carbons (Fsp3) is 0.452. The third-order valence-electron chi connectivity index (χ3n) is 10.0. The largest absolute Gasteiger partial charge is 1.00 e. The molecule has 286 valence electrons. The number of nitrogens with zero attached hydrogens (tertiary/aromatic N) is 9. The van der Waals surface area contributed by atoms with Crippen LogP contribution in [0.2, 0.25) is 9.36 Å². The average Bonchev–Trinajstić information content (AvgIpc) is 3.89. The summed E-state index contributed by atoms with van der Waals surface area (Å²) in [7, 11) is 0. The number of aromatic hydroxyl groups is 2. The van der Waals surface area contributed by atoms with Crippen molar-refractivity contribution in [2.45, 2.75) is 49.7 Å². The quantitative estimate of drug-likeness (QED) is 0.0391. The molecule has 24 heteroatoms. The third kappa shape index (κ3) is 7.59. The fourth-order valence-corrected chi connectivity index (χ4v) is 9.66. The van der Waals surface area contributed by atoms with E-state index in [2.05, 4.69) is 36.1 Å². The van der Waals surface area contributed by atoms with E-state index in [1.807, 2.05) is 0 Å². The van der Waals surface area contributed by atoms with Crippen LogP contribution in [0.4, 0.5) is 5.13 Å². The number of thiazole rings is 1. The van der Waals surface area contributed by atoms with Crippen molar-refractivity contribution in [3.8, 4) is 11.5 Å². The minimum atomic E-state index is -1.92. The molecule has 6 heterocycles. The number of halogens is 2. The van der Waals surface area contributed by atoms with Crippen LogP contribution >= 0.6 is 46.3 Å². The predicted molar refractivity (Wildman–Crippen MR) is 192 cm³/mol. The zero-order chi connectivity index (χ0) is 38.7. The van der Waals surface area contributed by atoms with Crippen molar-refractivity contribution in [1.29, 1.82) is 0 Å². The number of carboxylic acid groups (broad SMARTS) is 1. The summed E-state index contributed by atoms with van der Waals surface area (Å²) in [6.07, 6.45) is 1.78. The summed E-state index contributed by atoms with van der Waals surface area (Å²) >= 11 is 14.6. The number of aromatic nitrogens is 5. The number of thioether (sulfide) groups is 1. The number of nitrogen functional groups attached to an aromatic ring is 1. The minimum Gasteiger partial charge on any atom is -0.546 e. The van der Waals surface area contributed by atoms with E-state index in [-0.39, 0.29) is 73.1 Å². The number of phenols is 2. The smallest absolute Gasteiger partial charge is 0.546 e. The topological polar surface area (TPSA) is 264 Å². The van der Waals surface area contributed by atoms with Crippen molar-refractivity contribution in [3.63, 3.8) is 0 Å². The molecule has 4 aliphatic heterocycles. The van der Waals surface area contributed by atoms with Gasteiger partial charge in [0.2, 0.25) is 0 Å². The molecule has 1 aromatic carbocycles. The van der Waals surface area contributed by atoms with E-state index in [1.165, 1.54) is 42.6 Å². The maximum Gasteiger partial charge on any atom is 1.00 e. The number of carbonyl (C=O) groups is 4. The Balaban J connectivity index is 0.00000514. The molecule has 3 saturated heterocycles. The van der Waals surface area contributed by atoms with Gasteiger partial charge in [0.15, 0.2) is 27.9 Å². The summed E-state index contributed by atoms with van der Waals surface area (Å²) in [5.41, 5.74) is 4.73. The van der Waals surface area contributed by atoms with Crippen LogP contribution in [0.15, 0.2) is 22.9 Å².